The molecular formula is C14H9Cl2N3. The highest BCUT2D eigenvalue weighted by Gasteiger charge is 2.09. The second-order valence-electron chi connectivity index (χ2n) is 3.95. The standard InChI is InChI=1S/C14H9Cl2N3/c15-11-5-4-10(9-12(11)16)13-6-8-18-19(13)14-3-1-2-7-17-14/h1-9H. The molecule has 5 heteroatoms. The zero-order valence-corrected chi connectivity index (χ0v) is 11.3. The van der Waals surface area contributed by atoms with Gasteiger partial charge in [0.2, 0.25) is 0 Å². The summed E-state index contributed by atoms with van der Waals surface area (Å²) < 4.78 is 1.76. The van der Waals surface area contributed by atoms with Crippen LogP contribution < -0.4 is 0 Å². The molecule has 0 amide bonds. The third kappa shape index (κ3) is 2.35. The van der Waals surface area contributed by atoms with Crippen molar-refractivity contribution in [1.82, 2.24) is 14.8 Å². The minimum atomic E-state index is 0.521. The summed E-state index contributed by atoms with van der Waals surface area (Å²) in [5.74, 6) is 0.758. The second-order valence-corrected chi connectivity index (χ2v) is 4.76. The molecule has 0 bridgehead atoms. The first-order valence-electron chi connectivity index (χ1n) is 5.66. The summed E-state index contributed by atoms with van der Waals surface area (Å²) in [6.45, 7) is 0. The summed E-state index contributed by atoms with van der Waals surface area (Å²) in [6, 6.07) is 13.1. The van der Waals surface area contributed by atoms with Crippen molar-refractivity contribution in [3.63, 3.8) is 0 Å². The average molecular weight is 290 g/mol. The van der Waals surface area contributed by atoms with E-state index in [1.165, 1.54) is 0 Å². The van der Waals surface area contributed by atoms with Crippen molar-refractivity contribution >= 4 is 23.2 Å². The molecule has 0 saturated heterocycles. The average Bonchev–Trinajstić information content (AvgIpc) is 2.92. The van der Waals surface area contributed by atoms with Gasteiger partial charge in [-0.25, -0.2) is 9.67 Å². The molecule has 2 heterocycles. The highest BCUT2D eigenvalue weighted by molar-refractivity contribution is 6.42. The monoisotopic (exact) mass is 289 g/mol. The number of aromatic nitrogens is 3. The minimum Gasteiger partial charge on any atom is -0.237 e. The summed E-state index contributed by atoms with van der Waals surface area (Å²) in [7, 11) is 0. The molecule has 0 spiro atoms. The topological polar surface area (TPSA) is 30.7 Å². The first-order chi connectivity index (χ1) is 9.25. The van der Waals surface area contributed by atoms with E-state index in [1.54, 1.807) is 23.1 Å². The van der Waals surface area contributed by atoms with Crippen molar-refractivity contribution in [2.24, 2.45) is 0 Å². The lowest BCUT2D eigenvalue weighted by molar-refractivity contribution is 0.854. The lowest BCUT2D eigenvalue weighted by atomic mass is 10.1. The Balaban J connectivity index is 2.12. The molecule has 0 aliphatic carbocycles. The summed E-state index contributed by atoms with van der Waals surface area (Å²) in [4.78, 5) is 4.29. The first kappa shape index (κ1) is 12.2. The van der Waals surface area contributed by atoms with Gasteiger partial charge in [0.1, 0.15) is 0 Å². The maximum absolute atomic E-state index is 6.05. The molecular weight excluding hydrogens is 281 g/mol. The van der Waals surface area contributed by atoms with Crippen LogP contribution in [0.5, 0.6) is 0 Å². The number of nitrogens with zero attached hydrogens (tertiary/aromatic N) is 3. The molecule has 94 valence electrons. The van der Waals surface area contributed by atoms with Crippen LogP contribution in [0.3, 0.4) is 0 Å². The molecule has 19 heavy (non-hydrogen) atoms. The van der Waals surface area contributed by atoms with Crippen molar-refractivity contribution in [2.45, 2.75) is 0 Å². The lowest BCUT2D eigenvalue weighted by Gasteiger charge is -2.07. The van der Waals surface area contributed by atoms with Crippen molar-refractivity contribution in [2.75, 3.05) is 0 Å². The Bertz CT molecular complexity index is 708. The summed E-state index contributed by atoms with van der Waals surface area (Å²) in [6.07, 6.45) is 3.46. The normalized spacial score (nSPS) is 10.6. The van der Waals surface area contributed by atoms with E-state index in [-0.39, 0.29) is 0 Å². The fraction of sp³-hybridized carbons (Fsp3) is 0. The van der Waals surface area contributed by atoms with Gasteiger partial charge in [-0.2, -0.15) is 5.10 Å². The zero-order valence-electron chi connectivity index (χ0n) is 9.79. The molecule has 3 rings (SSSR count). The lowest BCUT2D eigenvalue weighted by Crippen LogP contribution is -2.00. The molecule has 2 aromatic heterocycles. The van der Waals surface area contributed by atoms with Crippen LogP contribution in [0.15, 0.2) is 54.9 Å². The molecule has 0 aliphatic heterocycles. The van der Waals surface area contributed by atoms with Gasteiger partial charge in [-0.3, -0.25) is 0 Å². The SMILES string of the molecule is Clc1ccc(-c2ccnn2-c2ccccn2)cc1Cl. The predicted octanol–water partition coefficient (Wildman–Crippen LogP) is 4.24. The van der Waals surface area contributed by atoms with Crippen LogP contribution in [0.25, 0.3) is 17.1 Å². The van der Waals surface area contributed by atoms with E-state index >= 15 is 0 Å². The number of hydrogen-bond donors (Lipinski definition) is 0. The second kappa shape index (κ2) is 5.03. The third-order valence-electron chi connectivity index (χ3n) is 2.72. The Hall–Kier alpha value is -1.84. The van der Waals surface area contributed by atoms with Crippen molar-refractivity contribution in [3.8, 4) is 17.1 Å². The van der Waals surface area contributed by atoms with Crippen molar-refractivity contribution in [1.29, 1.82) is 0 Å². The van der Waals surface area contributed by atoms with Crippen LogP contribution in [-0.4, -0.2) is 14.8 Å². The van der Waals surface area contributed by atoms with Crippen LogP contribution in [-0.2, 0) is 0 Å². The molecule has 3 aromatic rings. The van der Waals surface area contributed by atoms with E-state index in [0.717, 1.165) is 17.1 Å². The van der Waals surface area contributed by atoms with Gasteiger partial charge in [-0.15, -0.1) is 0 Å². The molecule has 0 N–H and O–H groups in total. The molecule has 0 atom stereocenters. The van der Waals surface area contributed by atoms with Crippen LogP contribution >= 0.6 is 23.2 Å². The highest BCUT2D eigenvalue weighted by atomic mass is 35.5. The summed E-state index contributed by atoms with van der Waals surface area (Å²) in [5, 5.41) is 5.35. The largest absolute Gasteiger partial charge is 0.237 e. The fourth-order valence-electron chi connectivity index (χ4n) is 1.84. The van der Waals surface area contributed by atoms with Crippen LogP contribution in [0, 0.1) is 0 Å². The van der Waals surface area contributed by atoms with Crippen LogP contribution in [0.1, 0.15) is 0 Å². The van der Waals surface area contributed by atoms with Gasteiger partial charge in [0, 0.05) is 11.8 Å². The Morgan fingerprint density at radius 3 is 2.53 bits per heavy atom. The van der Waals surface area contributed by atoms with Gasteiger partial charge in [-0.05, 0) is 30.3 Å². The number of hydrogen-bond acceptors (Lipinski definition) is 2. The van der Waals surface area contributed by atoms with Crippen LogP contribution in [0.2, 0.25) is 10.0 Å². The number of halogens is 2. The van der Waals surface area contributed by atoms with Gasteiger partial charge in [0.15, 0.2) is 5.82 Å². The van der Waals surface area contributed by atoms with Gasteiger partial charge in [0.05, 0.1) is 21.9 Å². The Labute approximate surface area is 120 Å². The van der Waals surface area contributed by atoms with E-state index < -0.39 is 0 Å². The van der Waals surface area contributed by atoms with Crippen LogP contribution in [0.4, 0.5) is 0 Å². The molecule has 1 aromatic carbocycles. The Morgan fingerprint density at radius 2 is 1.79 bits per heavy atom. The van der Waals surface area contributed by atoms with Gasteiger partial charge >= 0.3 is 0 Å². The molecule has 0 aliphatic rings. The maximum Gasteiger partial charge on any atom is 0.153 e. The van der Waals surface area contributed by atoms with Gasteiger partial charge in [-0.1, -0.05) is 35.3 Å². The van der Waals surface area contributed by atoms with E-state index in [1.807, 2.05) is 36.4 Å². The quantitative estimate of drug-likeness (QED) is 0.706. The van der Waals surface area contributed by atoms with E-state index in [9.17, 15) is 0 Å². The Morgan fingerprint density at radius 1 is 0.895 bits per heavy atom. The van der Waals surface area contributed by atoms with Gasteiger partial charge in [0.25, 0.3) is 0 Å². The molecule has 3 nitrogen and oxygen atoms in total. The van der Waals surface area contributed by atoms with E-state index in [0.29, 0.717) is 10.0 Å². The molecule has 0 saturated carbocycles. The number of benzene rings is 1. The third-order valence-corrected chi connectivity index (χ3v) is 3.46. The zero-order chi connectivity index (χ0) is 13.2. The fourth-order valence-corrected chi connectivity index (χ4v) is 2.14. The minimum absolute atomic E-state index is 0.521. The highest BCUT2D eigenvalue weighted by Crippen LogP contribution is 2.29. The molecule has 0 radical (unpaired) electrons. The van der Waals surface area contributed by atoms with E-state index in [2.05, 4.69) is 10.1 Å². The predicted molar refractivity (Wildman–Crippen MR) is 76.8 cm³/mol. The number of rotatable bonds is 2. The molecule has 0 unspecified atom stereocenters. The summed E-state index contributed by atoms with van der Waals surface area (Å²) in [5.41, 5.74) is 1.86. The maximum atomic E-state index is 6.05. The van der Waals surface area contributed by atoms with Crippen molar-refractivity contribution < 1.29 is 0 Å². The van der Waals surface area contributed by atoms with Crippen molar-refractivity contribution in [3.05, 3.63) is 64.9 Å². The first-order valence-corrected chi connectivity index (χ1v) is 6.42. The van der Waals surface area contributed by atoms with Gasteiger partial charge < -0.3 is 0 Å². The summed E-state index contributed by atoms with van der Waals surface area (Å²) >= 11 is 12.0. The van der Waals surface area contributed by atoms with E-state index in [4.69, 9.17) is 23.2 Å². The number of pyridine rings is 1. The smallest absolute Gasteiger partial charge is 0.153 e. The Kier molecular flexibility index (Phi) is 3.23. The molecule has 0 fully saturated rings.